The summed E-state index contributed by atoms with van der Waals surface area (Å²) in [5.41, 5.74) is 7.23. The van der Waals surface area contributed by atoms with Crippen LogP contribution in [0.2, 0.25) is 0 Å². The van der Waals surface area contributed by atoms with E-state index in [1.54, 1.807) is 6.92 Å². The molecule has 1 aliphatic heterocycles. The van der Waals surface area contributed by atoms with Crippen molar-refractivity contribution >= 4 is 17.3 Å². The molecule has 2 rings (SSSR count). The van der Waals surface area contributed by atoms with Gasteiger partial charge in [-0.1, -0.05) is 0 Å². The zero-order chi connectivity index (χ0) is 10.8. The van der Waals surface area contributed by atoms with Crippen LogP contribution in [-0.4, -0.2) is 36.9 Å². The third kappa shape index (κ3) is 1.97. The number of carbonyl (C=O) groups is 1. The number of anilines is 2. The maximum absolute atomic E-state index is 11.4. The lowest BCUT2D eigenvalue weighted by Gasteiger charge is -2.29. The summed E-state index contributed by atoms with van der Waals surface area (Å²) < 4.78 is 0. The molecule has 0 spiro atoms. The molecule has 1 saturated heterocycles. The van der Waals surface area contributed by atoms with Crippen LogP contribution >= 0.6 is 0 Å². The van der Waals surface area contributed by atoms with Crippen LogP contribution in [0.1, 0.15) is 17.4 Å². The number of nitrogens with one attached hydrogen (secondary N) is 2. The van der Waals surface area contributed by atoms with Gasteiger partial charge in [-0.15, -0.1) is 0 Å². The molecule has 0 unspecified atom stereocenters. The molecule has 0 bridgehead atoms. The minimum atomic E-state index is 0.0280. The van der Waals surface area contributed by atoms with E-state index in [1.165, 1.54) is 0 Å². The zero-order valence-electron chi connectivity index (χ0n) is 8.84. The normalized spacial score (nSPS) is 16.7. The molecule has 1 aromatic rings. The fourth-order valence-electron chi connectivity index (χ4n) is 1.89. The first-order valence-corrected chi connectivity index (χ1v) is 5.13. The highest BCUT2D eigenvalue weighted by Crippen LogP contribution is 2.23. The summed E-state index contributed by atoms with van der Waals surface area (Å²) in [6.07, 6.45) is 0. The van der Waals surface area contributed by atoms with Gasteiger partial charge in [0.1, 0.15) is 11.5 Å². The van der Waals surface area contributed by atoms with Crippen molar-refractivity contribution in [3.8, 4) is 0 Å². The van der Waals surface area contributed by atoms with Gasteiger partial charge in [-0.25, -0.2) is 0 Å². The topological polar surface area (TPSA) is 74.1 Å². The van der Waals surface area contributed by atoms with Crippen LogP contribution in [0.15, 0.2) is 6.07 Å². The first-order chi connectivity index (χ1) is 7.18. The van der Waals surface area contributed by atoms with E-state index < -0.39 is 0 Å². The second-order valence-electron chi connectivity index (χ2n) is 3.78. The number of aromatic nitrogens is 1. The molecule has 0 aliphatic carbocycles. The Morgan fingerprint density at radius 2 is 2.13 bits per heavy atom. The van der Waals surface area contributed by atoms with Gasteiger partial charge in [0.25, 0.3) is 0 Å². The third-order valence-corrected chi connectivity index (χ3v) is 2.63. The Labute approximate surface area is 88.6 Å². The maximum atomic E-state index is 11.4. The first kappa shape index (κ1) is 10.0. The SMILES string of the molecule is CC(=O)c1[nH]c(N)cc1N1CCNCC1. The molecule has 4 N–H and O–H groups in total. The Balaban J connectivity index is 2.28. The molecule has 1 aromatic heterocycles. The first-order valence-electron chi connectivity index (χ1n) is 5.13. The van der Waals surface area contributed by atoms with Crippen molar-refractivity contribution in [3.63, 3.8) is 0 Å². The molecule has 1 fully saturated rings. The fraction of sp³-hybridized carbons (Fsp3) is 0.500. The third-order valence-electron chi connectivity index (χ3n) is 2.63. The average Bonchev–Trinajstić information content (AvgIpc) is 2.62. The number of H-pyrrole nitrogens is 1. The van der Waals surface area contributed by atoms with Crippen molar-refractivity contribution in [1.82, 2.24) is 10.3 Å². The largest absolute Gasteiger partial charge is 0.385 e. The Morgan fingerprint density at radius 3 is 2.73 bits per heavy atom. The van der Waals surface area contributed by atoms with Crippen molar-refractivity contribution in [2.24, 2.45) is 0 Å². The Bertz CT molecular complexity index is 365. The van der Waals surface area contributed by atoms with Crippen LogP contribution < -0.4 is 16.0 Å². The number of piperazine rings is 1. The van der Waals surface area contributed by atoms with Crippen LogP contribution in [0.5, 0.6) is 0 Å². The molecular formula is C10H16N4O. The van der Waals surface area contributed by atoms with Crippen molar-refractivity contribution in [1.29, 1.82) is 0 Å². The summed E-state index contributed by atoms with van der Waals surface area (Å²) in [6.45, 7) is 5.27. The maximum Gasteiger partial charge on any atom is 0.178 e. The summed E-state index contributed by atoms with van der Waals surface area (Å²) in [5.74, 6) is 0.578. The van der Waals surface area contributed by atoms with E-state index in [1.807, 2.05) is 6.07 Å². The minimum Gasteiger partial charge on any atom is -0.385 e. The summed E-state index contributed by atoms with van der Waals surface area (Å²) in [6, 6.07) is 1.84. The van der Waals surface area contributed by atoms with Crippen LogP contribution in [-0.2, 0) is 0 Å². The van der Waals surface area contributed by atoms with Crippen LogP contribution in [0.25, 0.3) is 0 Å². The van der Waals surface area contributed by atoms with E-state index in [0.717, 1.165) is 31.9 Å². The van der Waals surface area contributed by atoms with E-state index in [4.69, 9.17) is 5.73 Å². The summed E-state index contributed by atoms with van der Waals surface area (Å²) in [5, 5.41) is 3.27. The highest BCUT2D eigenvalue weighted by Gasteiger charge is 2.18. The lowest BCUT2D eigenvalue weighted by molar-refractivity contribution is 0.101. The van der Waals surface area contributed by atoms with Gasteiger partial charge in [-0.3, -0.25) is 4.79 Å². The summed E-state index contributed by atoms with van der Waals surface area (Å²) in [7, 11) is 0. The molecule has 0 atom stereocenters. The number of nitrogens with zero attached hydrogens (tertiary/aromatic N) is 1. The smallest absolute Gasteiger partial charge is 0.178 e. The number of nitrogens with two attached hydrogens (primary N) is 1. The molecule has 2 heterocycles. The van der Waals surface area contributed by atoms with E-state index in [2.05, 4.69) is 15.2 Å². The van der Waals surface area contributed by atoms with Gasteiger partial charge in [-0.2, -0.15) is 0 Å². The summed E-state index contributed by atoms with van der Waals surface area (Å²) in [4.78, 5) is 16.5. The molecule has 0 saturated carbocycles. The Morgan fingerprint density at radius 1 is 1.47 bits per heavy atom. The van der Waals surface area contributed by atoms with Gasteiger partial charge in [-0.05, 0) is 0 Å². The van der Waals surface area contributed by atoms with E-state index >= 15 is 0 Å². The minimum absolute atomic E-state index is 0.0280. The Kier molecular flexibility index (Phi) is 2.64. The number of nitrogen functional groups attached to an aromatic ring is 1. The van der Waals surface area contributed by atoms with Crippen molar-refractivity contribution < 1.29 is 4.79 Å². The molecule has 5 heteroatoms. The van der Waals surface area contributed by atoms with Crippen LogP contribution in [0, 0.1) is 0 Å². The molecule has 5 nitrogen and oxygen atoms in total. The van der Waals surface area contributed by atoms with Crippen molar-refractivity contribution in [2.75, 3.05) is 36.8 Å². The van der Waals surface area contributed by atoms with Gasteiger partial charge in [0.15, 0.2) is 5.78 Å². The standard InChI is InChI=1S/C10H16N4O/c1-7(15)10-8(6-9(11)13-10)14-4-2-12-3-5-14/h6,12-13H,2-5,11H2,1H3. The lowest BCUT2D eigenvalue weighted by Crippen LogP contribution is -2.43. The molecule has 0 amide bonds. The number of rotatable bonds is 2. The number of aromatic amines is 1. The van der Waals surface area contributed by atoms with Crippen molar-refractivity contribution in [2.45, 2.75) is 6.92 Å². The zero-order valence-corrected chi connectivity index (χ0v) is 8.84. The highest BCUT2D eigenvalue weighted by molar-refractivity contribution is 5.99. The number of carbonyl (C=O) groups excluding carboxylic acids is 1. The highest BCUT2D eigenvalue weighted by atomic mass is 16.1. The molecule has 1 aliphatic rings. The second-order valence-corrected chi connectivity index (χ2v) is 3.78. The number of ketones is 1. The van der Waals surface area contributed by atoms with Crippen LogP contribution in [0.3, 0.4) is 0 Å². The average molecular weight is 208 g/mol. The van der Waals surface area contributed by atoms with Gasteiger partial charge >= 0.3 is 0 Å². The van der Waals surface area contributed by atoms with E-state index in [-0.39, 0.29) is 5.78 Å². The van der Waals surface area contributed by atoms with Gasteiger partial charge < -0.3 is 20.9 Å². The van der Waals surface area contributed by atoms with Gasteiger partial charge in [0, 0.05) is 39.2 Å². The molecule has 15 heavy (non-hydrogen) atoms. The predicted octanol–water partition coefficient (Wildman–Crippen LogP) is 0.209. The van der Waals surface area contributed by atoms with Gasteiger partial charge in [0.2, 0.25) is 0 Å². The number of hydrogen-bond acceptors (Lipinski definition) is 4. The number of hydrogen-bond donors (Lipinski definition) is 3. The molecule has 82 valence electrons. The molecule has 0 aromatic carbocycles. The van der Waals surface area contributed by atoms with E-state index in [0.29, 0.717) is 11.5 Å². The van der Waals surface area contributed by atoms with Crippen LogP contribution in [0.4, 0.5) is 11.5 Å². The fourth-order valence-corrected chi connectivity index (χ4v) is 1.89. The molecule has 0 radical (unpaired) electrons. The quantitative estimate of drug-likeness (QED) is 0.607. The Hall–Kier alpha value is -1.49. The van der Waals surface area contributed by atoms with Crippen molar-refractivity contribution in [3.05, 3.63) is 11.8 Å². The monoisotopic (exact) mass is 208 g/mol. The number of Topliss-reactive ketones (excluding diaryl/α,β-unsaturated/α-hetero) is 1. The lowest BCUT2D eigenvalue weighted by atomic mass is 10.2. The predicted molar refractivity (Wildman–Crippen MR) is 60.3 cm³/mol. The second kappa shape index (κ2) is 3.94. The molecular weight excluding hydrogens is 192 g/mol. The van der Waals surface area contributed by atoms with Gasteiger partial charge in [0.05, 0.1) is 5.69 Å². The summed E-state index contributed by atoms with van der Waals surface area (Å²) >= 11 is 0. The van der Waals surface area contributed by atoms with E-state index in [9.17, 15) is 4.79 Å².